The summed E-state index contributed by atoms with van der Waals surface area (Å²) in [6.07, 6.45) is 0. The first kappa shape index (κ1) is 18.4. The summed E-state index contributed by atoms with van der Waals surface area (Å²) in [5.74, 6) is -0.452. The Labute approximate surface area is 157 Å². The molecule has 0 radical (unpaired) electrons. The van der Waals surface area contributed by atoms with Crippen molar-refractivity contribution in [2.75, 3.05) is 4.31 Å². The summed E-state index contributed by atoms with van der Waals surface area (Å²) in [5.41, 5.74) is 1.33. The van der Waals surface area contributed by atoms with Gasteiger partial charge in [0.05, 0.1) is 17.1 Å². The zero-order valence-electron chi connectivity index (χ0n) is 14.1. The summed E-state index contributed by atoms with van der Waals surface area (Å²) in [6.45, 7) is 1.61. The highest BCUT2D eigenvalue weighted by Gasteiger charge is 2.27. The van der Waals surface area contributed by atoms with E-state index in [-0.39, 0.29) is 11.4 Å². The molecule has 0 spiro atoms. The third-order valence-electron chi connectivity index (χ3n) is 4.05. The maximum atomic E-state index is 14.2. The fourth-order valence-corrected chi connectivity index (χ4v) is 4.47. The van der Waals surface area contributed by atoms with E-state index in [0.717, 1.165) is 0 Å². The highest BCUT2D eigenvalue weighted by Crippen LogP contribution is 2.29. The Morgan fingerprint density at radius 2 is 1.54 bits per heavy atom. The number of rotatable bonds is 5. The number of halogens is 2. The number of hydrogen-bond donors (Lipinski definition) is 0. The second-order valence-electron chi connectivity index (χ2n) is 5.85. The predicted octanol–water partition coefficient (Wildman–Crippen LogP) is 5.18. The standard InChI is InChI=1S/C20H17ClFNO2S/c1-15-6-2-5-9-20(15)26(24,25)23(18-12-10-17(21)11-13-18)14-16-7-3-4-8-19(16)22/h2-13H,14H2,1H3. The Kier molecular flexibility index (Phi) is 5.30. The monoisotopic (exact) mass is 389 g/mol. The Hall–Kier alpha value is -2.37. The van der Waals surface area contributed by atoms with Gasteiger partial charge in [0.15, 0.2) is 0 Å². The van der Waals surface area contributed by atoms with Crippen LogP contribution in [-0.2, 0) is 16.6 Å². The van der Waals surface area contributed by atoms with Crippen LogP contribution in [0.25, 0.3) is 0 Å². The van der Waals surface area contributed by atoms with Crippen LogP contribution in [0.4, 0.5) is 10.1 Å². The quantitative estimate of drug-likeness (QED) is 0.602. The Morgan fingerprint density at radius 1 is 0.923 bits per heavy atom. The molecule has 6 heteroatoms. The maximum absolute atomic E-state index is 14.2. The number of aryl methyl sites for hydroxylation is 1. The molecule has 134 valence electrons. The molecule has 0 saturated carbocycles. The smallest absolute Gasteiger partial charge is 0.262 e. The van der Waals surface area contributed by atoms with Crippen LogP contribution >= 0.6 is 11.6 Å². The van der Waals surface area contributed by atoms with E-state index in [2.05, 4.69) is 0 Å². The number of benzene rings is 3. The van der Waals surface area contributed by atoms with Crippen molar-refractivity contribution in [3.8, 4) is 0 Å². The zero-order valence-corrected chi connectivity index (χ0v) is 15.6. The second kappa shape index (κ2) is 7.48. The van der Waals surface area contributed by atoms with Crippen molar-refractivity contribution >= 4 is 27.3 Å². The molecule has 0 saturated heterocycles. The molecule has 3 aromatic rings. The molecule has 0 aliphatic rings. The molecule has 0 unspecified atom stereocenters. The van der Waals surface area contributed by atoms with Crippen molar-refractivity contribution in [1.82, 2.24) is 0 Å². The lowest BCUT2D eigenvalue weighted by molar-refractivity contribution is 0.585. The lowest BCUT2D eigenvalue weighted by atomic mass is 10.2. The van der Waals surface area contributed by atoms with Gasteiger partial charge in [-0.25, -0.2) is 12.8 Å². The van der Waals surface area contributed by atoms with E-state index in [0.29, 0.717) is 21.8 Å². The molecule has 0 fully saturated rings. The fraction of sp³-hybridized carbons (Fsp3) is 0.100. The van der Waals surface area contributed by atoms with Crippen LogP contribution in [0.15, 0.2) is 77.7 Å². The normalized spacial score (nSPS) is 11.3. The fourth-order valence-electron chi connectivity index (χ4n) is 2.67. The summed E-state index contributed by atoms with van der Waals surface area (Å²) >= 11 is 5.93. The van der Waals surface area contributed by atoms with E-state index < -0.39 is 15.8 Å². The number of sulfonamides is 1. The van der Waals surface area contributed by atoms with E-state index in [1.807, 2.05) is 0 Å². The van der Waals surface area contributed by atoms with Gasteiger partial charge >= 0.3 is 0 Å². The van der Waals surface area contributed by atoms with Crippen LogP contribution < -0.4 is 4.31 Å². The minimum atomic E-state index is -3.89. The molecule has 3 aromatic carbocycles. The summed E-state index contributed by atoms with van der Waals surface area (Å²) in [6, 6.07) is 19.3. The van der Waals surface area contributed by atoms with Gasteiger partial charge < -0.3 is 0 Å². The van der Waals surface area contributed by atoms with Gasteiger partial charge in [0.1, 0.15) is 5.82 Å². The topological polar surface area (TPSA) is 37.4 Å². The van der Waals surface area contributed by atoms with Gasteiger partial charge in [-0.3, -0.25) is 4.31 Å². The molecule has 0 atom stereocenters. The molecular weight excluding hydrogens is 373 g/mol. The summed E-state index contributed by atoms with van der Waals surface area (Å²) in [4.78, 5) is 0.186. The average Bonchev–Trinajstić information content (AvgIpc) is 2.62. The van der Waals surface area contributed by atoms with Crippen molar-refractivity contribution in [1.29, 1.82) is 0 Å². The molecule has 0 aliphatic carbocycles. The SMILES string of the molecule is Cc1ccccc1S(=O)(=O)N(Cc1ccccc1F)c1ccc(Cl)cc1. The van der Waals surface area contributed by atoms with Crippen molar-refractivity contribution in [3.05, 3.63) is 94.8 Å². The van der Waals surface area contributed by atoms with Crippen LogP contribution in [-0.4, -0.2) is 8.42 Å². The maximum Gasteiger partial charge on any atom is 0.264 e. The van der Waals surface area contributed by atoms with Crippen LogP contribution in [0.1, 0.15) is 11.1 Å². The Balaban J connectivity index is 2.13. The van der Waals surface area contributed by atoms with Crippen molar-refractivity contribution in [3.63, 3.8) is 0 Å². The molecule has 0 aliphatic heterocycles. The third kappa shape index (κ3) is 3.74. The van der Waals surface area contributed by atoms with E-state index in [1.54, 1.807) is 73.7 Å². The van der Waals surface area contributed by atoms with Gasteiger partial charge in [-0.1, -0.05) is 48.0 Å². The first-order valence-electron chi connectivity index (χ1n) is 7.97. The molecule has 0 bridgehead atoms. The van der Waals surface area contributed by atoms with Crippen molar-refractivity contribution < 1.29 is 12.8 Å². The van der Waals surface area contributed by atoms with Crippen molar-refractivity contribution in [2.24, 2.45) is 0 Å². The van der Waals surface area contributed by atoms with Crippen LogP contribution in [0, 0.1) is 12.7 Å². The minimum absolute atomic E-state index is 0.120. The molecule has 26 heavy (non-hydrogen) atoms. The van der Waals surface area contributed by atoms with E-state index in [9.17, 15) is 12.8 Å². The van der Waals surface area contributed by atoms with Gasteiger partial charge in [0.2, 0.25) is 0 Å². The number of anilines is 1. The van der Waals surface area contributed by atoms with Gasteiger partial charge in [0, 0.05) is 10.6 Å². The number of hydrogen-bond acceptors (Lipinski definition) is 2. The van der Waals surface area contributed by atoms with Crippen molar-refractivity contribution in [2.45, 2.75) is 18.4 Å². The van der Waals surface area contributed by atoms with E-state index >= 15 is 0 Å². The first-order chi connectivity index (χ1) is 12.4. The first-order valence-corrected chi connectivity index (χ1v) is 9.79. The zero-order chi connectivity index (χ0) is 18.7. The summed E-state index contributed by atoms with van der Waals surface area (Å²) in [7, 11) is -3.89. The molecular formula is C20H17ClFNO2S. The third-order valence-corrected chi connectivity index (χ3v) is 6.23. The van der Waals surface area contributed by atoms with E-state index in [1.165, 1.54) is 10.4 Å². The van der Waals surface area contributed by atoms with Gasteiger partial charge in [-0.2, -0.15) is 0 Å². The van der Waals surface area contributed by atoms with Gasteiger partial charge in [-0.05, 0) is 48.9 Å². The number of nitrogens with zero attached hydrogens (tertiary/aromatic N) is 1. The molecule has 3 rings (SSSR count). The van der Waals surface area contributed by atoms with Crippen LogP contribution in [0.2, 0.25) is 5.02 Å². The minimum Gasteiger partial charge on any atom is -0.262 e. The second-order valence-corrected chi connectivity index (χ2v) is 8.11. The molecule has 0 aromatic heterocycles. The lowest BCUT2D eigenvalue weighted by Crippen LogP contribution is -2.31. The molecule has 3 nitrogen and oxygen atoms in total. The Bertz CT molecular complexity index is 1020. The van der Waals surface area contributed by atoms with Crippen LogP contribution in [0.3, 0.4) is 0 Å². The Morgan fingerprint density at radius 3 is 2.19 bits per heavy atom. The van der Waals surface area contributed by atoms with Gasteiger partial charge in [-0.15, -0.1) is 0 Å². The highest BCUT2D eigenvalue weighted by atomic mass is 35.5. The van der Waals surface area contributed by atoms with E-state index in [4.69, 9.17) is 11.6 Å². The van der Waals surface area contributed by atoms with Gasteiger partial charge in [0.25, 0.3) is 10.0 Å². The molecule has 0 amide bonds. The molecule has 0 heterocycles. The summed E-state index contributed by atoms with van der Waals surface area (Å²) in [5, 5.41) is 0.493. The highest BCUT2D eigenvalue weighted by molar-refractivity contribution is 7.92. The largest absolute Gasteiger partial charge is 0.264 e. The predicted molar refractivity (Wildman–Crippen MR) is 102 cm³/mol. The lowest BCUT2D eigenvalue weighted by Gasteiger charge is -2.25. The average molecular weight is 390 g/mol. The molecule has 0 N–H and O–H groups in total. The van der Waals surface area contributed by atoms with Crippen LogP contribution in [0.5, 0.6) is 0 Å². The summed E-state index contributed by atoms with van der Waals surface area (Å²) < 4.78 is 42.0.